The summed E-state index contributed by atoms with van der Waals surface area (Å²) >= 11 is 1.75. The second-order valence-electron chi connectivity index (χ2n) is 12.0. The summed E-state index contributed by atoms with van der Waals surface area (Å²) < 4.78 is 39.0. The van der Waals surface area contributed by atoms with Gasteiger partial charge in [-0.25, -0.2) is 0 Å². The van der Waals surface area contributed by atoms with E-state index >= 15 is 0 Å². The Hall–Kier alpha value is -0.200. The van der Waals surface area contributed by atoms with Gasteiger partial charge in [0.1, 0.15) is 0 Å². The summed E-state index contributed by atoms with van der Waals surface area (Å²) in [4.78, 5) is 0. The minimum absolute atomic E-state index is 0.181. The van der Waals surface area contributed by atoms with Crippen LogP contribution < -0.4 is 0 Å². The number of aliphatic hydroxyl groups excluding tert-OH is 1. The van der Waals surface area contributed by atoms with Crippen molar-refractivity contribution in [3.63, 3.8) is 0 Å². The molecule has 0 spiro atoms. The van der Waals surface area contributed by atoms with Gasteiger partial charge in [0.05, 0.1) is 6.10 Å². The summed E-state index contributed by atoms with van der Waals surface area (Å²) in [5.74, 6) is 2.49. The minimum atomic E-state index is -4.55. The maximum absolute atomic E-state index is 13.0. The predicted molar refractivity (Wildman–Crippen MR) is 143 cm³/mol. The number of fused-ring (bicyclic) bond motifs is 5. The normalized spacial score (nSPS) is 39.9. The Bertz CT molecular complexity index is 707. The summed E-state index contributed by atoms with van der Waals surface area (Å²) in [6.45, 7) is 9.74. The van der Waals surface area contributed by atoms with Gasteiger partial charge in [-0.3, -0.25) is 0 Å². The fraction of sp³-hybridized carbons (Fsp3) is 0.931. The lowest BCUT2D eigenvalue weighted by molar-refractivity contribution is -0.255. The highest BCUT2D eigenvalue weighted by molar-refractivity contribution is 7.97. The molecule has 3 saturated carbocycles. The van der Waals surface area contributed by atoms with Crippen molar-refractivity contribution in [1.82, 2.24) is 0 Å². The summed E-state index contributed by atoms with van der Waals surface area (Å²) in [5, 5.41) is 19.9. The van der Waals surface area contributed by atoms with E-state index in [9.17, 15) is 23.4 Å². The van der Waals surface area contributed by atoms with Crippen molar-refractivity contribution in [1.29, 1.82) is 0 Å². The standard InChI is InChI=1S/C25H39F3O2.C2H6S.C2H6/c1-22-14-11-21-19(8-6-17-15-18(29)10-13-23(17,21)2)20(22)9-7-16(22)5-4-12-24(3,30)25(26,27)28;1-3-2;1-2/h6,16,18-21,29-30H,4-5,7-15H2,1-3H3;1-2H3;1-2H3. The third-order valence-electron chi connectivity index (χ3n) is 10.1. The maximum Gasteiger partial charge on any atom is 0.416 e. The fourth-order valence-corrected chi connectivity index (χ4v) is 8.06. The van der Waals surface area contributed by atoms with Gasteiger partial charge in [-0.2, -0.15) is 24.9 Å². The van der Waals surface area contributed by atoms with Gasteiger partial charge in [-0.15, -0.1) is 0 Å². The van der Waals surface area contributed by atoms with Crippen molar-refractivity contribution in [3.8, 4) is 0 Å². The summed E-state index contributed by atoms with van der Waals surface area (Å²) in [6.07, 6.45) is 11.4. The molecule has 4 aliphatic carbocycles. The number of alkyl halides is 3. The van der Waals surface area contributed by atoms with Crippen LogP contribution >= 0.6 is 11.8 Å². The first-order valence-corrected chi connectivity index (χ1v) is 15.5. The Labute approximate surface area is 216 Å². The van der Waals surface area contributed by atoms with Gasteiger partial charge in [0.25, 0.3) is 0 Å². The SMILES string of the molecule is CC.CC12CCC(O)CC1=CCC1C2CCC2(C)C(CCCC(C)(O)C(F)(F)F)CCC12.CSC. The molecular formula is C29H51F3O2S. The van der Waals surface area contributed by atoms with E-state index in [4.69, 9.17) is 0 Å². The van der Waals surface area contributed by atoms with E-state index in [0.29, 0.717) is 30.1 Å². The molecule has 4 aliphatic rings. The first-order valence-electron chi connectivity index (χ1n) is 13.9. The summed E-state index contributed by atoms with van der Waals surface area (Å²) in [6, 6.07) is 0. The van der Waals surface area contributed by atoms with Crippen LogP contribution in [0.25, 0.3) is 0 Å². The summed E-state index contributed by atoms with van der Waals surface area (Å²) in [7, 11) is 0. The number of thioether (sulfide) groups is 1. The third-order valence-corrected chi connectivity index (χ3v) is 10.1. The second-order valence-corrected chi connectivity index (χ2v) is 12.9. The molecule has 206 valence electrons. The number of hydrogen-bond donors (Lipinski definition) is 2. The smallest absolute Gasteiger partial charge is 0.393 e. The van der Waals surface area contributed by atoms with Gasteiger partial charge in [-0.1, -0.05) is 39.3 Å². The predicted octanol–water partition coefficient (Wildman–Crippen LogP) is 8.42. The lowest BCUT2D eigenvalue weighted by atomic mass is 9.47. The molecule has 0 amide bonds. The highest BCUT2D eigenvalue weighted by atomic mass is 32.2. The highest BCUT2D eigenvalue weighted by Crippen LogP contribution is 2.66. The van der Waals surface area contributed by atoms with Crippen LogP contribution in [0.1, 0.15) is 105 Å². The molecule has 0 bridgehead atoms. The van der Waals surface area contributed by atoms with Crippen LogP contribution in [0.3, 0.4) is 0 Å². The number of allylic oxidation sites excluding steroid dienone is 1. The van der Waals surface area contributed by atoms with E-state index in [1.165, 1.54) is 24.8 Å². The quantitative estimate of drug-likeness (QED) is 0.366. The van der Waals surface area contributed by atoms with Crippen molar-refractivity contribution >= 4 is 11.8 Å². The van der Waals surface area contributed by atoms with E-state index in [1.807, 2.05) is 26.4 Å². The van der Waals surface area contributed by atoms with Crippen LogP contribution in [0.15, 0.2) is 11.6 Å². The molecule has 6 heteroatoms. The minimum Gasteiger partial charge on any atom is -0.393 e. The maximum atomic E-state index is 13.0. The molecule has 0 aromatic heterocycles. The van der Waals surface area contributed by atoms with Crippen molar-refractivity contribution in [3.05, 3.63) is 11.6 Å². The molecule has 2 N–H and O–H groups in total. The Kier molecular flexibility index (Phi) is 10.7. The lowest BCUT2D eigenvalue weighted by Crippen LogP contribution is -2.50. The zero-order valence-corrected chi connectivity index (χ0v) is 24.0. The molecule has 35 heavy (non-hydrogen) atoms. The van der Waals surface area contributed by atoms with Crippen LogP contribution in [0, 0.1) is 34.5 Å². The number of hydrogen-bond acceptors (Lipinski definition) is 3. The van der Waals surface area contributed by atoms with E-state index in [1.54, 1.807) is 11.8 Å². The molecular weight excluding hydrogens is 469 g/mol. The van der Waals surface area contributed by atoms with Crippen LogP contribution in [0.5, 0.6) is 0 Å². The van der Waals surface area contributed by atoms with E-state index in [0.717, 1.165) is 45.4 Å². The molecule has 2 nitrogen and oxygen atoms in total. The Morgan fingerprint density at radius 3 is 2.26 bits per heavy atom. The molecule has 8 unspecified atom stereocenters. The second kappa shape index (κ2) is 12.1. The molecule has 0 radical (unpaired) electrons. The van der Waals surface area contributed by atoms with Gasteiger partial charge in [-0.05, 0) is 125 Å². The average molecular weight is 521 g/mol. The zero-order chi connectivity index (χ0) is 26.7. The van der Waals surface area contributed by atoms with Crippen molar-refractivity contribution < 1.29 is 23.4 Å². The zero-order valence-electron chi connectivity index (χ0n) is 23.2. The first kappa shape index (κ1) is 31.0. The molecule has 0 heterocycles. The van der Waals surface area contributed by atoms with Gasteiger partial charge in [0.15, 0.2) is 5.60 Å². The largest absolute Gasteiger partial charge is 0.416 e. The van der Waals surface area contributed by atoms with E-state index in [-0.39, 0.29) is 23.4 Å². The van der Waals surface area contributed by atoms with Crippen molar-refractivity contribution in [2.45, 2.75) is 123 Å². The van der Waals surface area contributed by atoms with Crippen LogP contribution in [0.2, 0.25) is 0 Å². The van der Waals surface area contributed by atoms with E-state index in [2.05, 4.69) is 19.9 Å². The van der Waals surface area contributed by atoms with Gasteiger partial charge in [0, 0.05) is 0 Å². The van der Waals surface area contributed by atoms with Gasteiger partial charge in [0.2, 0.25) is 0 Å². The molecule has 0 aromatic carbocycles. The Morgan fingerprint density at radius 2 is 1.66 bits per heavy atom. The van der Waals surface area contributed by atoms with Crippen molar-refractivity contribution in [2.24, 2.45) is 34.5 Å². The van der Waals surface area contributed by atoms with Crippen LogP contribution in [0.4, 0.5) is 13.2 Å². The number of halogens is 3. The van der Waals surface area contributed by atoms with E-state index < -0.39 is 11.8 Å². The number of rotatable bonds is 4. The fourth-order valence-electron chi connectivity index (χ4n) is 8.06. The van der Waals surface area contributed by atoms with Crippen LogP contribution in [-0.2, 0) is 0 Å². The van der Waals surface area contributed by atoms with Gasteiger partial charge < -0.3 is 10.2 Å². The van der Waals surface area contributed by atoms with Crippen molar-refractivity contribution in [2.75, 3.05) is 12.5 Å². The molecule has 3 fully saturated rings. The Balaban J connectivity index is 0.000000803. The first-order chi connectivity index (χ1) is 16.3. The average Bonchev–Trinajstić information content (AvgIpc) is 3.12. The molecule has 4 rings (SSSR count). The Morgan fingerprint density at radius 1 is 1.03 bits per heavy atom. The number of aliphatic hydroxyl groups is 2. The summed E-state index contributed by atoms with van der Waals surface area (Å²) in [5.41, 5.74) is -0.641. The molecule has 8 atom stereocenters. The van der Waals surface area contributed by atoms with Gasteiger partial charge >= 0.3 is 6.18 Å². The molecule has 0 aliphatic heterocycles. The monoisotopic (exact) mass is 520 g/mol. The van der Waals surface area contributed by atoms with Crippen LogP contribution in [-0.4, -0.2) is 40.6 Å². The lowest BCUT2D eigenvalue weighted by Gasteiger charge is -2.58. The topological polar surface area (TPSA) is 40.5 Å². The highest BCUT2D eigenvalue weighted by Gasteiger charge is 2.58. The molecule has 0 saturated heterocycles. The third kappa shape index (κ3) is 6.28. The molecule has 0 aromatic rings.